The van der Waals surface area contributed by atoms with E-state index < -0.39 is 17.8 Å². The molecule has 4 amide bonds. The first kappa shape index (κ1) is 25.7. The lowest BCUT2D eigenvalue weighted by molar-refractivity contribution is -0.122. The van der Waals surface area contributed by atoms with Gasteiger partial charge >= 0.3 is 6.03 Å². The molecule has 1 saturated heterocycles. The lowest BCUT2D eigenvalue weighted by Crippen LogP contribution is -2.54. The van der Waals surface area contributed by atoms with E-state index in [2.05, 4.69) is 37.2 Å². The molecule has 35 heavy (non-hydrogen) atoms. The van der Waals surface area contributed by atoms with Crippen LogP contribution in [0.25, 0.3) is 6.08 Å². The molecule has 6 nitrogen and oxygen atoms in total. The van der Waals surface area contributed by atoms with Crippen molar-refractivity contribution in [2.75, 3.05) is 4.90 Å². The third-order valence-corrected chi connectivity index (χ3v) is 6.76. The number of nitrogens with one attached hydrogen (secondary N) is 1. The monoisotopic (exact) mass is 656 g/mol. The third kappa shape index (κ3) is 5.73. The fraction of sp³-hybridized carbons (Fsp3) is 0.0417. The molecule has 0 aliphatic carbocycles. The van der Waals surface area contributed by atoms with E-state index in [1.165, 1.54) is 18.2 Å². The summed E-state index contributed by atoms with van der Waals surface area (Å²) in [6.45, 7) is 0.0969. The van der Waals surface area contributed by atoms with Crippen molar-refractivity contribution in [1.29, 1.82) is 0 Å². The van der Waals surface area contributed by atoms with Crippen molar-refractivity contribution >= 4 is 96.3 Å². The number of barbiturate groups is 1. The van der Waals surface area contributed by atoms with Crippen molar-refractivity contribution in [3.8, 4) is 5.75 Å². The normalized spacial score (nSPS) is 14.9. The first-order valence-electron chi connectivity index (χ1n) is 9.87. The van der Waals surface area contributed by atoms with E-state index in [9.17, 15) is 14.4 Å². The minimum atomic E-state index is -0.872. The van der Waals surface area contributed by atoms with Gasteiger partial charge in [0.25, 0.3) is 11.8 Å². The van der Waals surface area contributed by atoms with Crippen LogP contribution in [0.5, 0.6) is 5.75 Å². The lowest BCUT2D eigenvalue weighted by atomic mass is 10.1. The number of carbonyl (C=O) groups is 3. The Morgan fingerprint density at radius 1 is 0.943 bits per heavy atom. The van der Waals surface area contributed by atoms with Crippen molar-refractivity contribution in [3.63, 3.8) is 0 Å². The lowest BCUT2D eigenvalue weighted by Gasteiger charge is -2.26. The topological polar surface area (TPSA) is 75.7 Å². The number of hydrogen-bond donors (Lipinski definition) is 1. The standard InChI is InChI=1S/C24H13Br2Cl3N2O4/c25-14-6-13(21(19(26)8-14)35-11-12-4-5-16(28)10-20(12)29)7-18-22(32)30-24(34)31(23(18)33)17-3-1-2-15(27)9-17/h1-10H,11H2,(H,30,32,34)/b18-7+. The van der Waals surface area contributed by atoms with E-state index in [1.54, 1.807) is 42.5 Å². The molecule has 0 spiro atoms. The van der Waals surface area contributed by atoms with E-state index in [1.807, 2.05) is 0 Å². The Hall–Kier alpha value is -2.36. The molecule has 3 aromatic carbocycles. The van der Waals surface area contributed by atoms with Crippen molar-refractivity contribution in [1.82, 2.24) is 5.32 Å². The number of ether oxygens (including phenoxy) is 1. The zero-order chi connectivity index (χ0) is 25.3. The first-order chi connectivity index (χ1) is 16.6. The Bertz CT molecular complexity index is 1410. The van der Waals surface area contributed by atoms with Gasteiger partial charge in [-0.2, -0.15) is 0 Å². The van der Waals surface area contributed by atoms with Gasteiger partial charge in [-0.05, 0) is 64.5 Å². The van der Waals surface area contributed by atoms with Crippen molar-refractivity contribution in [3.05, 3.63) is 95.3 Å². The van der Waals surface area contributed by atoms with Gasteiger partial charge < -0.3 is 4.74 Å². The first-order valence-corrected chi connectivity index (χ1v) is 12.6. The Kier molecular flexibility index (Phi) is 7.88. The van der Waals surface area contributed by atoms with E-state index in [-0.39, 0.29) is 17.9 Å². The molecule has 1 fully saturated rings. The maximum atomic E-state index is 13.2. The second-order valence-corrected chi connectivity index (χ2v) is 10.3. The molecule has 1 aliphatic rings. The maximum absolute atomic E-state index is 13.2. The molecule has 178 valence electrons. The summed E-state index contributed by atoms with van der Waals surface area (Å²) in [6, 6.07) is 13.8. The van der Waals surface area contributed by atoms with Crippen molar-refractivity contribution in [2.24, 2.45) is 0 Å². The predicted molar refractivity (Wildman–Crippen MR) is 143 cm³/mol. The molecule has 4 rings (SSSR count). The number of halogens is 5. The number of hydrogen-bond acceptors (Lipinski definition) is 4. The average molecular weight is 660 g/mol. The summed E-state index contributed by atoms with van der Waals surface area (Å²) in [6.07, 6.45) is 1.36. The summed E-state index contributed by atoms with van der Waals surface area (Å²) in [7, 11) is 0. The van der Waals surface area contributed by atoms with Crippen LogP contribution >= 0.6 is 66.7 Å². The number of rotatable bonds is 5. The second-order valence-electron chi connectivity index (χ2n) is 7.27. The highest BCUT2D eigenvalue weighted by Crippen LogP contribution is 2.36. The third-order valence-electron chi connectivity index (χ3n) is 4.89. The number of nitrogens with zero attached hydrogens (tertiary/aromatic N) is 1. The number of imide groups is 2. The van der Waals surface area contributed by atoms with Gasteiger partial charge in [0, 0.05) is 30.7 Å². The van der Waals surface area contributed by atoms with Crippen LogP contribution in [-0.2, 0) is 16.2 Å². The van der Waals surface area contributed by atoms with Gasteiger partial charge in [0.2, 0.25) is 0 Å². The zero-order valence-corrected chi connectivity index (χ0v) is 22.9. The maximum Gasteiger partial charge on any atom is 0.335 e. The summed E-state index contributed by atoms with van der Waals surface area (Å²) in [5, 5.41) is 3.45. The molecule has 3 aromatic rings. The Labute approximate surface area is 232 Å². The fourth-order valence-electron chi connectivity index (χ4n) is 3.29. The summed E-state index contributed by atoms with van der Waals surface area (Å²) in [5.74, 6) is -1.27. The molecule has 1 heterocycles. The highest BCUT2D eigenvalue weighted by Gasteiger charge is 2.37. The number of anilines is 1. The van der Waals surface area contributed by atoms with E-state index in [0.29, 0.717) is 40.9 Å². The van der Waals surface area contributed by atoms with Crippen molar-refractivity contribution in [2.45, 2.75) is 6.61 Å². The smallest absolute Gasteiger partial charge is 0.335 e. The molecule has 1 aliphatic heterocycles. The fourth-order valence-corrected chi connectivity index (χ4v) is 5.31. The van der Waals surface area contributed by atoms with Crippen LogP contribution in [0.3, 0.4) is 0 Å². The Morgan fingerprint density at radius 2 is 1.69 bits per heavy atom. The highest BCUT2D eigenvalue weighted by molar-refractivity contribution is 9.11. The molecular weight excluding hydrogens is 646 g/mol. The predicted octanol–water partition coefficient (Wildman–Crippen LogP) is 7.42. The molecule has 1 N–H and O–H groups in total. The molecule has 0 atom stereocenters. The van der Waals surface area contributed by atoms with E-state index >= 15 is 0 Å². The summed E-state index contributed by atoms with van der Waals surface area (Å²) in [5.41, 5.74) is 1.07. The molecule has 0 saturated carbocycles. The number of urea groups is 1. The molecule has 0 bridgehead atoms. The second kappa shape index (κ2) is 10.7. The van der Waals surface area contributed by atoms with Gasteiger partial charge in [-0.25, -0.2) is 9.69 Å². The van der Waals surface area contributed by atoms with E-state index in [0.717, 1.165) is 4.90 Å². The minimum Gasteiger partial charge on any atom is -0.487 e. The van der Waals surface area contributed by atoms with E-state index in [4.69, 9.17) is 39.5 Å². The van der Waals surface area contributed by atoms with Crippen LogP contribution in [-0.4, -0.2) is 17.8 Å². The van der Waals surface area contributed by atoms with Crippen LogP contribution in [0.2, 0.25) is 15.1 Å². The summed E-state index contributed by atoms with van der Waals surface area (Å²) < 4.78 is 7.24. The largest absolute Gasteiger partial charge is 0.487 e. The van der Waals surface area contributed by atoms with Gasteiger partial charge in [-0.3, -0.25) is 14.9 Å². The van der Waals surface area contributed by atoms with Gasteiger partial charge in [-0.15, -0.1) is 0 Å². The van der Waals surface area contributed by atoms with Gasteiger partial charge in [0.05, 0.1) is 10.2 Å². The SMILES string of the molecule is O=C1NC(=O)N(c2cccc(Cl)c2)C(=O)/C1=C/c1cc(Br)cc(Br)c1OCc1ccc(Cl)cc1Cl. The van der Waals surface area contributed by atoms with Crippen molar-refractivity contribution < 1.29 is 19.1 Å². The summed E-state index contributed by atoms with van der Waals surface area (Å²) >= 11 is 25.1. The minimum absolute atomic E-state index is 0.0969. The van der Waals surface area contributed by atoms with Crippen LogP contribution in [0.4, 0.5) is 10.5 Å². The van der Waals surface area contributed by atoms with Gasteiger partial charge in [0.15, 0.2) is 0 Å². The Morgan fingerprint density at radius 3 is 2.40 bits per heavy atom. The average Bonchev–Trinajstić information content (AvgIpc) is 2.77. The van der Waals surface area contributed by atoms with Gasteiger partial charge in [-0.1, -0.05) is 62.9 Å². The number of carbonyl (C=O) groups excluding carboxylic acids is 3. The van der Waals surface area contributed by atoms with Gasteiger partial charge in [0.1, 0.15) is 17.9 Å². The van der Waals surface area contributed by atoms with Crippen LogP contribution in [0, 0.1) is 0 Å². The number of amides is 4. The summed E-state index contributed by atoms with van der Waals surface area (Å²) in [4.78, 5) is 39.2. The zero-order valence-electron chi connectivity index (χ0n) is 17.5. The van der Waals surface area contributed by atoms with Crippen LogP contribution < -0.4 is 15.0 Å². The molecule has 0 unspecified atom stereocenters. The molecule has 0 radical (unpaired) electrons. The Balaban J connectivity index is 1.72. The molecular formula is C24H13Br2Cl3N2O4. The highest BCUT2D eigenvalue weighted by atomic mass is 79.9. The van der Waals surface area contributed by atoms with Crippen LogP contribution in [0.15, 0.2) is 69.1 Å². The quantitative estimate of drug-likeness (QED) is 0.229. The number of benzene rings is 3. The molecule has 0 aromatic heterocycles. The molecule has 11 heteroatoms. The van der Waals surface area contributed by atoms with Crippen LogP contribution in [0.1, 0.15) is 11.1 Å².